The molecule has 1 saturated carbocycles. The fourth-order valence-corrected chi connectivity index (χ4v) is 1.96. The molecule has 0 atom stereocenters. The fourth-order valence-electron chi connectivity index (χ4n) is 1.96. The maximum absolute atomic E-state index is 13.1. The van der Waals surface area contributed by atoms with Gasteiger partial charge in [-0.15, -0.1) is 0 Å². The van der Waals surface area contributed by atoms with Crippen LogP contribution in [0.2, 0.25) is 0 Å². The molecular formula is C13H14F2N2O3. The van der Waals surface area contributed by atoms with E-state index in [2.05, 4.69) is 5.32 Å². The highest BCUT2D eigenvalue weighted by molar-refractivity contribution is 5.98. The van der Waals surface area contributed by atoms with Crippen molar-refractivity contribution in [2.24, 2.45) is 5.92 Å². The zero-order chi connectivity index (χ0) is 14.7. The number of hydrogen-bond donors (Lipinski definition) is 1. The van der Waals surface area contributed by atoms with Crippen molar-refractivity contribution in [3.8, 4) is 0 Å². The summed E-state index contributed by atoms with van der Waals surface area (Å²) < 4.78 is 26.1. The Kier molecular flexibility index (Phi) is 4.26. The quantitative estimate of drug-likeness (QED) is 0.496. The van der Waals surface area contributed by atoms with Gasteiger partial charge in [0, 0.05) is 6.54 Å². The van der Waals surface area contributed by atoms with E-state index >= 15 is 0 Å². The molecule has 1 N–H and O–H groups in total. The topological polar surface area (TPSA) is 72.2 Å². The molecule has 1 aromatic carbocycles. The van der Waals surface area contributed by atoms with Gasteiger partial charge in [-0.2, -0.15) is 0 Å². The molecule has 1 aliphatic carbocycles. The molecule has 0 heterocycles. The molecule has 1 aromatic rings. The van der Waals surface area contributed by atoms with Gasteiger partial charge in [-0.1, -0.05) is 12.8 Å². The number of nitro groups is 1. The largest absolute Gasteiger partial charge is 0.352 e. The molecular weight excluding hydrogens is 270 g/mol. The van der Waals surface area contributed by atoms with E-state index in [1.165, 1.54) is 12.8 Å². The number of hydrogen-bond acceptors (Lipinski definition) is 3. The zero-order valence-electron chi connectivity index (χ0n) is 10.7. The molecule has 0 spiro atoms. The Labute approximate surface area is 114 Å². The van der Waals surface area contributed by atoms with Crippen molar-refractivity contribution in [3.05, 3.63) is 39.4 Å². The Hall–Kier alpha value is -2.05. The van der Waals surface area contributed by atoms with Crippen LogP contribution in [0.15, 0.2) is 12.1 Å². The number of nitrogens with zero attached hydrogens (tertiary/aromatic N) is 1. The standard InChI is InChI=1S/C13H14F2N2O3/c14-10-6-9(12(17(19)20)7-11(10)15)13(18)16-5-1-2-8-3-4-8/h6-8H,1-5H2,(H,16,18). The average molecular weight is 284 g/mol. The number of rotatable bonds is 6. The highest BCUT2D eigenvalue weighted by Gasteiger charge is 2.24. The second-order valence-electron chi connectivity index (χ2n) is 4.88. The van der Waals surface area contributed by atoms with Gasteiger partial charge in [0.25, 0.3) is 11.6 Å². The van der Waals surface area contributed by atoms with Crippen molar-refractivity contribution in [2.45, 2.75) is 25.7 Å². The highest BCUT2D eigenvalue weighted by atomic mass is 19.2. The Morgan fingerprint density at radius 1 is 1.35 bits per heavy atom. The Morgan fingerprint density at radius 3 is 2.60 bits per heavy atom. The van der Waals surface area contributed by atoms with Gasteiger partial charge in [-0.25, -0.2) is 8.78 Å². The van der Waals surface area contributed by atoms with Gasteiger partial charge in [0.05, 0.1) is 11.0 Å². The van der Waals surface area contributed by atoms with Crippen LogP contribution in [0.3, 0.4) is 0 Å². The molecule has 5 nitrogen and oxygen atoms in total. The first-order valence-electron chi connectivity index (χ1n) is 6.40. The van der Waals surface area contributed by atoms with Crippen LogP contribution in [0, 0.1) is 27.7 Å². The van der Waals surface area contributed by atoms with Crippen LogP contribution in [0.1, 0.15) is 36.0 Å². The summed E-state index contributed by atoms with van der Waals surface area (Å²) in [5.74, 6) is -2.66. The summed E-state index contributed by atoms with van der Waals surface area (Å²) in [7, 11) is 0. The smallest absolute Gasteiger partial charge is 0.285 e. The molecule has 1 fully saturated rings. The van der Waals surface area contributed by atoms with Gasteiger partial charge in [0.15, 0.2) is 11.6 Å². The maximum atomic E-state index is 13.1. The van der Waals surface area contributed by atoms with Crippen molar-refractivity contribution >= 4 is 11.6 Å². The third kappa shape index (κ3) is 3.49. The van der Waals surface area contributed by atoms with E-state index in [1.807, 2.05) is 0 Å². The first-order valence-corrected chi connectivity index (χ1v) is 6.40. The lowest BCUT2D eigenvalue weighted by Gasteiger charge is -2.06. The predicted molar refractivity (Wildman–Crippen MR) is 67.3 cm³/mol. The highest BCUT2D eigenvalue weighted by Crippen LogP contribution is 2.33. The molecule has 7 heteroatoms. The second kappa shape index (κ2) is 5.94. The third-order valence-corrected chi connectivity index (χ3v) is 3.25. The molecule has 20 heavy (non-hydrogen) atoms. The molecule has 0 radical (unpaired) electrons. The Morgan fingerprint density at radius 2 is 2.00 bits per heavy atom. The molecule has 0 saturated heterocycles. The molecule has 1 aliphatic rings. The van der Waals surface area contributed by atoms with Crippen molar-refractivity contribution in [1.82, 2.24) is 5.32 Å². The summed E-state index contributed by atoms with van der Waals surface area (Å²) in [6.45, 7) is 0.367. The van der Waals surface area contributed by atoms with Gasteiger partial charge in [-0.05, 0) is 24.8 Å². The molecule has 0 aliphatic heterocycles. The van der Waals surface area contributed by atoms with Crippen LogP contribution in [0.25, 0.3) is 0 Å². The summed E-state index contributed by atoms with van der Waals surface area (Å²) in [6.07, 6.45) is 4.19. The molecule has 1 amide bonds. The van der Waals surface area contributed by atoms with Gasteiger partial charge in [0.2, 0.25) is 0 Å². The van der Waals surface area contributed by atoms with Crippen LogP contribution in [0.5, 0.6) is 0 Å². The summed E-state index contributed by atoms with van der Waals surface area (Å²) in [6, 6.07) is 0.984. The summed E-state index contributed by atoms with van der Waals surface area (Å²) in [5.41, 5.74) is -1.19. The number of benzene rings is 1. The SMILES string of the molecule is O=C(NCCCC1CC1)c1cc(F)c(F)cc1[N+](=O)[O-]. The number of amides is 1. The first kappa shape index (κ1) is 14.4. The van der Waals surface area contributed by atoms with E-state index in [4.69, 9.17) is 0 Å². The first-order chi connectivity index (χ1) is 9.49. The fraction of sp³-hybridized carbons (Fsp3) is 0.462. The van der Waals surface area contributed by atoms with Crippen molar-refractivity contribution < 1.29 is 18.5 Å². The minimum Gasteiger partial charge on any atom is -0.352 e. The zero-order valence-corrected chi connectivity index (χ0v) is 10.7. The minimum absolute atomic E-state index is 0.367. The molecule has 2 rings (SSSR count). The van der Waals surface area contributed by atoms with Gasteiger partial charge in [0.1, 0.15) is 5.56 Å². The number of halogens is 2. The lowest BCUT2D eigenvalue weighted by molar-refractivity contribution is -0.385. The molecule has 0 unspecified atom stereocenters. The predicted octanol–water partition coefficient (Wildman–Crippen LogP) is 2.79. The van der Waals surface area contributed by atoms with E-state index in [0.717, 1.165) is 18.8 Å². The van der Waals surface area contributed by atoms with Gasteiger partial charge in [-0.3, -0.25) is 14.9 Å². The number of carbonyl (C=O) groups excluding carboxylic acids is 1. The monoisotopic (exact) mass is 284 g/mol. The van der Waals surface area contributed by atoms with Gasteiger partial charge >= 0.3 is 0 Å². The average Bonchev–Trinajstić information content (AvgIpc) is 3.21. The maximum Gasteiger partial charge on any atom is 0.285 e. The van der Waals surface area contributed by atoms with Crippen LogP contribution in [-0.4, -0.2) is 17.4 Å². The number of nitrogens with one attached hydrogen (secondary N) is 1. The summed E-state index contributed by atoms with van der Waals surface area (Å²) >= 11 is 0. The van der Waals surface area contributed by atoms with E-state index in [1.54, 1.807) is 0 Å². The minimum atomic E-state index is -1.35. The van der Waals surface area contributed by atoms with Gasteiger partial charge < -0.3 is 5.32 Å². The van der Waals surface area contributed by atoms with E-state index in [-0.39, 0.29) is 0 Å². The number of carbonyl (C=O) groups is 1. The normalized spacial score (nSPS) is 14.1. The summed E-state index contributed by atoms with van der Waals surface area (Å²) in [5, 5.41) is 13.2. The van der Waals surface area contributed by atoms with Crippen LogP contribution in [-0.2, 0) is 0 Å². The van der Waals surface area contributed by atoms with Crippen LogP contribution < -0.4 is 5.32 Å². The van der Waals surface area contributed by atoms with E-state index < -0.39 is 33.7 Å². The van der Waals surface area contributed by atoms with Crippen molar-refractivity contribution in [1.29, 1.82) is 0 Å². The van der Waals surface area contributed by atoms with Crippen LogP contribution in [0.4, 0.5) is 14.5 Å². The Bertz CT molecular complexity index is 545. The Balaban J connectivity index is 2.03. The summed E-state index contributed by atoms with van der Waals surface area (Å²) in [4.78, 5) is 21.6. The van der Waals surface area contributed by atoms with Crippen molar-refractivity contribution in [2.75, 3.05) is 6.54 Å². The van der Waals surface area contributed by atoms with Crippen molar-refractivity contribution in [3.63, 3.8) is 0 Å². The third-order valence-electron chi connectivity index (χ3n) is 3.25. The van der Waals surface area contributed by atoms with E-state index in [9.17, 15) is 23.7 Å². The lowest BCUT2D eigenvalue weighted by atomic mass is 10.1. The molecule has 108 valence electrons. The van der Waals surface area contributed by atoms with E-state index in [0.29, 0.717) is 18.7 Å². The number of nitro benzene ring substituents is 1. The second-order valence-corrected chi connectivity index (χ2v) is 4.88. The lowest BCUT2D eigenvalue weighted by Crippen LogP contribution is -2.25. The van der Waals surface area contributed by atoms with Crippen LogP contribution >= 0.6 is 0 Å². The molecule has 0 bridgehead atoms. The molecule has 0 aromatic heterocycles.